The second-order valence-electron chi connectivity index (χ2n) is 5.13. The van der Waals surface area contributed by atoms with Gasteiger partial charge in [-0.2, -0.15) is 0 Å². The zero-order valence-corrected chi connectivity index (χ0v) is 12.1. The maximum atomic E-state index is 11.6. The van der Waals surface area contributed by atoms with Crippen molar-refractivity contribution in [1.82, 2.24) is 0 Å². The lowest BCUT2D eigenvalue weighted by atomic mass is 9.78. The summed E-state index contributed by atoms with van der Waals surface area (Å²) in [6.45, 7) is 0. The molecular formula is C21H16O. The fourth-order valence-corrected chi connectivity index (χ4v) is 2.76. The van der Waals surface area contributed by atoms with Crippen LogP contribution in [0, 0.1) is 12.3 Å². The van der Waals surface area contributed by atoms with Crippen LogP contribution in [0.4, 0.5) is 0 Å². The van der Waals surface area contributed by atoms with Gasteiger partial charge in [0.25, 0.3) is 0 Å². The van der Waals surface area contributed by atoms with E-state index in [9.17, 15) is 5.11 Å². The number of aliphatic hydroxyl groups is 1. The summed E-state index contributed by atoms with van der Waals surface area (Å²) in [5, 5.41) is 11.6. The number of benzene rings is 3. The third-order valence-corrected chi connectivity index (χ3v) is 3.86. The molecule has 0 spiro atoms. The SMILES string of the molecule is C#Cc1ccccc1C(O)(c1ccccc1)c1ccccc1. The van der Waals surface area contributed by atoms with Gasteiger partial charge >= 0.3 is 0 Å². The smallest absolute Gasteiger partial charge is 0.141 e. The molecule has 0 radical (unpaired) electrons. The Labute approximate surface area is 130 Å². The quantitative estimate of drug-likeness (QED) is 0.570. The Bertz CT molecular complexity index is 759. The Hall–Kier alpha value is -2.82. The van der Waals surface area contributed by atoms with E-state index in [2.05, 4.69) is 5.92 Å². The van der Waals surface area contributed by atoms with Crippen molar-refractivity contribution in [3.8, 4) is 12.3 Å². The standard InChI is InChI=1S/C21H16O/c1-2-17-11-9-10-16-20(17)21(22,18-12-5-3-6-13-18)19-14-7-4-8-15-19/h1,3-16,22H. The molecule has 0 unspecified atom stereocenters. The summed E-state index contributed by atoms with van der Waals surface area (Å²) in [5.41, 5.74) is 1.73. The number of hydrogen-bond donors (Lipinski definition) is 1. The van der Waals surface area contributed by atoms with Crippen molar-refractivity contribution in [3.05, 3.63) is 107 Å². The van der Waals surface area contributed by atoms with Gasteiger partial charge in [0.05, 0.1) is 0 Å². The maximum absolute atomic E-state index is 11.6. The summed E-state index contributed by atoms with van der Waals surface area (Å²) < 4.78 is 0. The molecule has 1 N–H and O–H groups in total. The first kappa shape index (κ1) is 14.1. The molecule has 0 heterocycles. The predicted octanol–water partition coefficient (Wildman–Crippen LogP) is 3.95. The highest BCUT2D eigenvalue weighted by Gasteiger charge is 2.35. The first-order chi connectivity index (χ1) is 10.8. The van der Waals surface area contributed by atoms with E-state index in [-0.39, 0.29) is 0 Å². The highest BCUT2D eigenvalue weighted by Crippen LogP contribution is 2.37. The average molecular weight is 284 g/mol. The molecule has 0 saturated carbocycles. The molecular weight excluding hydrogens is 268 g/mol. The van der Waals surface area contributed by atoms with Crippen molar-refractivity contribution in [2.24, 2.45) is 0 Å². The Morgan fingerprint density at radius 2 is 1.14 bits per heavy atom. The summed E-state index contributed by atoms with van der Waals surface area (Å²) in [4.78, 5) is 0. The Morgan fingerprint density at radius 3 is 1.64 bits per heavy atom. The van der Waals surface area contributed by atoms with Crippen LogP contribution in [0.25, 0.3) is 0 Å². The lowest BCUT2D eigenvalue weighted by molar-refractivity contribution is 0.125. The molecule has 0 fully saturated rings. The van der Waals surface area contributed by atoms with E-state index in [4.69, 9.17) is 6.42 Å². The highest BCUT2D eigenvalue weighted by molar-refractivity contribution is 5.53. The molecule has 0 aliphatic heterocycles. The van der Waals surface area contributed by atoms with Gasteiger partial charge in [0, 0.05) is 11.1 Å². The minimum absolute atomic E-state index is 0.692. The zero-order valence-electron chi connectivity index (χ0n) is 12.1. The van der Waals surface area contributed by atoms with Crippen molar-refractivity contribution in [3.63, 3.8) is 0 Å². The van der Waals surface area contributed by atoms with Crippen LogP contribution in [-0.4, -0.2) is 5.11 Å². The normalized spacial score (nSPS) is 10.9. The van der Waals surface area contributed by atoms with Crippen LogP contribution in [0.3, 0.4) is 0 Å². The van der Waals surface area contributed by atoms with Gasteiger partial charge in [-0.1, -0.05) is 84.8 Å². The first-order valence-electron chi connectivity index (χ1n) is 7.16. The number of hydrogen-bond acceptors (Lipinski definition) is 1. The third-order valence-electron chi connectivity index (χ3n) is 3.86. The molecule has 0 aliphatic rings. The molecule has 22 heavy (non-hydrogen) atoms. The van der Waals surface area contributed by atoms with Crippen molar-refractivity contribution in [2.45, 2.75) is 5.60 Å². The molecule has 0 amide bonds. The first-order valence-corrected chi connectivity index (χ1v) is 7.16. The van der Waals surface area contributed by atoms with Gasteiger partial charge in [-0.05, 0) is 17.2 Å². The van der Waals surface area contributed by atoms with Crippen LogP contribution in [0.5, 0.6) is 0 Å². The van der Waals surface area contributed by atoms with Gasteiger partial charge in [0.1, 0.15) is 5.60 Å². The van der Waals surface area contributed by atoms with E-state index in [1.54, 1.807) is 0 Å². The van der Waals surface area contributed by atoms with Crippen LogP contribution < -0.4 is 0 Å². The topological polar surface area (TPSA) is 20.2 Å². The molecule has 1 heteroatoms. The zero-order chi connectivity index (χ0) is 15.4. The van der Waals surface area contributed by atoms with Gasteiger partial charge < -0.3 is 5.11 Å². The summed E-state index contributed by atoms with van der Waals surface area (Å²) in [5.74, 6) is 2.68. The summed E-state index contributed by atoms with van der Waals surface area (Å²) in [7, 11) is 0. The van der Waals surface area contributed by atoms with Gasteiger partial charge in [-0.25, -0.2) is 0 Å². The van der Waals surface area contributed by atoms with Gasteiger partial charge in [-0.3, -0.25) is 0 Å². The van der Waals surface area contributed by atoms with Crippen molar-refractivity contribution in [2.75, 3.05) is 0 Å². The lowest BCUT2D eigenvalue weighted by Gasteiger charge is -2.31. The molecule has 0 bridgehead atoms. The second kappa shape index (κ2) is 5.89. The minimum Gasteiger partial charge on any atom is -0.376 e. The largest absolute Gasteiger partial charge is 0.376 e. The minimum atomic E-state index is -1.27. The lowest BCUT2D eigenvalue weighted by Crippen LogP contribution is -2.29. The van der Waals surface area contributed by atoms with E-state index >= 15 is 0 Å². The highest BCUT2D eigenvalue weighted by atomic mass is 16.3. The number of terminal acetylenes is 1. The molecule has 0 saturated heterocycles. The van der Waals surface area contributed by atoms with Crippen LogP contribution in [0.1, 0.15) is 22.3 Å². The van der Waals surface area contributed by atoms with E-state index in [0.29, 0.717) is 5.56 Å². The number of rotatable bonds is 3. The average Bonchev–Trinajstić information content (AvgIpc) is 2.62. The summed E-state index contributed by atoms with van der Waals surface area (Å²) >= 11 is 0. The van der Waals surface area contributed by atoms with Crippen molar-refractivity contribution >= 4 is 0 Å². The molecule has 0 aromatic heterocycles. The Morgan fingerprint density at radius 1 is 0.682 bits per heavy atom. The molecule has 106 valence electrons. The third kappa shape index (κ3) is 2.30. The maximum Gasteiger partial charge on any atom is 0.141 e. The van der Waals surface area contributed by atoms with E-state index < -0.39 is 5.60 Å². The van der Waals surface area contributed by atoms with E-state index in [1.165, 1.54) is 0 Å². The summed E-state index contributed by atoms with van der Waals surface area (Å²) in [6, 6.07) is 26.7. The molecule has 3 aromatic rings. The van der Waals surface area contributed by atoms with Gasteiger partial charge in [0.15, 0.2) is 0 Å². The van der Waals surface area contributed by atoms with E-state index in [0.717, 1.165) is 16.7 Å². The fraction of sp³-hybridized carbons (Fsp3) is 0.0476. The molecule has 3 rings (SSSR count). The Kier molecular flexibility index (Phi) is 3.78. The molecule has 3 aromatic carbocycles. The fourth-order valence-electron chi connectivity index (χ4n) is 2.76. The predicted molar refractivity (Wildman–Crippen MR) is 89.4 cm³/mol. The molecule has 0 atom stereocenters. The van der Waals surface area contributed by atoms with Crippen LogP contribution in [-0.2, 0) is 5.60 Å². The van der Waals surface area contributed by atoms with E-state index in [1.807, 2.05) is 84.9 Å². The van der Waals surface area contributed by atoms with Crippen LogP contribution in [0.2, 0.25) is 0 Å². The van der Waals surface area contributed by atoms with Crippen LogP contribution in [0.15, 0.2) is 84.9 Å². The van der Waals surface area contributed by atoms with Crippen molar-refractivity contribution in [1.29, 1.82) is 0 Å². The van der Waals surface area contributed by atoms with Crippen LogP contribution >= 0.6 is 0 Å². The second-order valence-corrected chi connectivity index (χ2v) is 5.13. The molecule has 0 aliphatic carbocycles. The summed E-state index contributed by atoms with van der Waals surface area (Å²) in [6.07, 6.45) is 5.64. The monoisotopic (exact) mass is 284 g/mol. The van der Waals surface area contributed by atoms with Gasteiger partial charge in [0.2, 0.25) is 0 Å². The molecule has 1 nitrogen and oxygen atoms in total. The van der Waals surface area contributed by atoms with Gasteiger partial charge in [-0.15, -0.1) is 6.42 Å². The van der Waals surface area contributed by atoms with Crippen molar-refractivity contribution < 1.29 is 5.11 Å². The Balaban J connectivity index is 2.32.